The van der Waals surface area contributed by atoms with Crippen LogP contribution < -0.4 is 14.8 Å². The minimum atomic E-state index is -3.70. The van der Waals surface area contributed by atoms with Crippen molar-refractivity contribution in [3.63, 3.8) is 0 Å². The van der Waals surface area contributed by atoms with Crippen LogP contribution in [-0.2, 0) is 16.6 Å². The largest absolute Gasteiger partial charge is 0.431 e. The number of nitrogens with zero attached hydrogens (tertiary/aromatic N) is 1. The molecule has 7 nitrogen and oxygen atoms in total. The van der Waals surface area contributed by atoms with E-state index in [9.17, 15) is 13.2 Å². The highest BCUT2D eigenvalue weighted by Gasteiger charge is 2.14. The first-order valence-electron chi connectivity index (χ1n) is 10.0. The van der Waals surface area contributed by atoms with E-state index in [0.29, 0.717) is 28.7 Å². The van der Waals surface area contributed by atoms with Crippen molar-refractivity contribution in [2.45, 2.75) is 18.4 Å². The molecule has 9 heteroatoms. The number of nitrogens with one attached hydrogen (secondary N) is 2. The zero-order chi connectivity index (χ0) is 23.3. The van der Waals surface area contributed by atoms with Crippen LogP contribution in [-0.4, -0.2) is 19.3 Å². The van der Waals surface area contributed by atoms with Gasteiger partial charge in [0.1, 0.15) is 5.75 Å². The molecular weight excluding hydrogens is 458 g/mol. The predicted octanol–water partition coefficient (Wildman–Crippen LogP) is 4.97. The molecule has 4 aromatic rings. The number of ether oxygens (including phenoxy) is 1. The van der Waals surface area contributed by atoms with E-state index >= 15 is 0 Å². The summed E-state index contributed by atoms with van der Waals surface area (Å²) in [5.74, 6) is 0.412. The summed E-state index contributed by atoms with van der Waals surface area (Å²) in [4.78, 5) is 16.7. The summed E-state index contributed by atoms with van der Waals surface area (Å²) in [7, 11) is -3.70. The smallest absolute Gasteiger partial charge is 0.278 e. The molecule has 168 valence electrons. The Bertz CT molecular complexity index is 1340. The Morgan fingerprint density at radius 1 is 1.03 bits per heavy atom. The van der Waals surface area contributed by atoms with Crippen molar-refractivity contribution >= 4 is 33.0 Å². The normalized spacial score (nSPS) is 11.1. The molecular formula is C24H21N3O4S2. The van der Waals surface area contributed by atoms with Gasteiger partial charge in [-0.15, -0.1) is 0 Å². The van der Waals surface area contributed by atoms with Gasteiger partial charge in [-0.25, -0.2) is 13.4 Å². The van der Waals surface area contributed by atoms with Gasteiger partial charge in [0.15, 0.2) is 0 Å². The van der Waals surface area contributed by atoms with Gasteiger partial charge >= 0.3 is 0 Å². The lowest BCUT2D eigenvalue weighted by atomic mass is 10.2. The van der Waals surface area contributed by atoms with Crippen LogP contribution in [0.15, 0.2) is 89.3 Å². The van der Waals surface area contributed by atoms with Crippen LogP contribution in [0.4, 0.5) is 5.69 Å². The summed E-state index contributed by atoms with van der Waals surface area (Å²) >= 11 is 1.41. The third-order valence-corrected chi connectivity index (χ3v) is 6.72. The Hall–Kier alpha value is -3.69. The fourth-order valence-corrected chi connectivity index (χ4v) is 4.67. The number of anilines is 1. The van der Waals surface area contributed by atoms with Crippen LogP contribution in [0, 0.1) is 6.92 Å². The lowest BCUT2D eigenvalue weighted by Gasteiger charge is -2.10. The summed E-state index contributed by atoms with van der Waals surface area (Å²) in [5, 5.41) is 5.26. The van der Waals surface area contributed by atoms with E-state index in [0.717, 1.165) is 11.1 Å². The van der Waals surface area contributed by atoms with Gasteiger partial charge in [-0.2, -0.15) is 0 Å². The molecule has 1 aromatic heterocycles. The molecule has 0 saturated heterocycles. The van der Waals surface area contributed by atoms with Gasteiger partial charge in [0, 0.05) is 29.4 Å². The zero-order valence-corrected chi connectivity index (χ0v) is 19.3. The minimum absolute atomic E-state index is 0.187. The number of carbonyl (C=O) groups is 1. The molecule has 0 spiro atoms. The molecule has 0 fully saturated rings. The van der Waals surface area contributed by atoms with Crippen LogP contribution in [0.5, 0.6) is 10.9 Å². The fourth-order valence-electron chi connectivity index (χ4n) is 3.01. The number of aryl methyl sites for hydroxylation is 1. The molecule has 4 rings (SSSR count). The summed E-state index contributed by atoms with van der Waals surface area (Å²) in [6, 6.07) is 20.3. The summed E-state index contributed by atoms with van der Waals surface area (Å²) in [6.45, 7) is 2.18. The summed E-state index contributed by atoms with van der Waals surface area (Å²) in [5.41, 5.74) is 2.57. The molecule has 0 saturated carbocycles. The van der Waals surface area contributed by atoms with Gasteiger partial charge < -0.3 is 10.1 Å². The van der Waals surface area contributed by atoms with Gasteiger partial charge in [-0.05, 0) is 66.6 Å². The van der Waals surface area contributed by atoms with Gasteiger partial charge in [0.05, 0.1) is 4.90 Å². The van der Waals surface area contributed by atoms with Gasteiger partial charge in [0.2, 0.25) is 0 Å². The standard InChI is InChI=1S/C24H21N3O4S2/c1-17-3-2-4-22(15-17)33(29,30)27-20-9-7-19(8-10-20)23(28)26-16-18-5-11-21(12-6-18)31-24-25-13-14-32-24/h2-15,27H,16H2,1H3,(H,26,28). The van der Waals surface area contributed by atoms with E-state index in [1.165, 1.54) is 17.4 Å². The molecule has 0 aliphatic heterocycles. The maximum absolute atomic E-state index is 12.5. The van der Waals surface area contributed by atoms with Crippen LogP contribution in [0.2, 0.25) is 0 Å². The molecule has 0 aliphatic rings. The highest BCUT2D eigenvalue weighted by atomic mass is 32.2. The second-order valence-electron chi connectivity index (χ2n) is 7.23. The second-order valence-corrected chi connectivity index (χ2v) is 9.77. The lowest BCUT2D eigenvalue weighted by molar-refractivity contribution is 0.0951. The highest BCUT2D eigenvalue weighted by Crippen LogP contribution is 2.23. The first-order chi connectivity index (χ1) is 15.9. The quantitative estimate of drug-likeness (QED) is 0.372. The van der Waals surface area contributed by atoms with Crippen molar-refractivity contribution in [3.8, 4) is 10.9 Å². The number of sulfonamides is 1. The van der Waals surface area contributed by atoms with Gasteiger partial charge in [0.25, 0.3) is 21.1 Å². The number of thiazole rings is 1. The van der Waals surface area contributed by atoms with Crippen LogP contribution in [0.25, 0.3) is 0 Å². The Balaban J connectivity index is 1.33. The van der Waals surface area contributed by atoms with Gasteiger partial charge in [-0.3, -0.25) is 9.52 Å². The Morgan fingerprint density at radius 3 is 2.45 bits per heavy atom. The highest BCUT2D eigenvalue weighted by molar-refractivity contribution is 7.92. The lowest BCUT2D eigenvalue weighted by Crippen LogP contribution is -2.22. The molecule has 3 aromatic carbocycles. The topological polar surface area (TPSA) is 97.4 Å². The first kappa shape index (κ1) is 22.5. The molecule has 1 heterocycles. The van der Waals surface area contributed by atoms with Crippen molar-refractivity contribution in [1.29, 1.82) is 0 Å². The minimum Gasteiger partial charge on any atom is -0.431 e. The van der Waals surface area contributed by atoms with Crippen molar-refractivity contribution in [1.82, 2.24) is 10.3 Å². The SMILES string of the molecule is Cc1cccc(S(=O)(=O)Nc2ccc(C(=O)NCc3ccc(Oc4nccs4)cc3)cc2)c1. The molecule has 1 amide bonds. The number of hydrogen-bond donors (Lipinski definition) is 2. The second kappa shape index (κ2) is 9.85. The Kier molecular flexibility index (Phi) is 6.71. The third-order valence-electron chi connectivity index (χ3n) is 4.69. The summed E-state index contributed by atoms with van der Waals surface area (Å²) in [6.07, 6.45) is 1.68. The Labute approximate surface area is 196 Å². The van der Waals surface area contributed by atoms with Crippen molar-refractivity contribution in [2.75, 3.05) is 4.72 Å². The van der Waals surface area contributed by atoms with E-state index < -0.39 is 10.0 Å². The average Bonchev–Trinajstić information content (AvgIpc) is 3.32. The molecule has 0 aliphatic carbocycles. The molecule has 0 atom stereocenters. The van der Waals surface area contributed by atoms with Crippen LogP contribution in [0.1, 0.15) is 21.5 Å². The molecule has 2 N–H and O–H groups in total. The monoisotopic (exact) mass is 479 g/mol. The maximum atomic E-state index is 12.5. The van der Waals surface area contributed by atoms with E-state index in [2.05, 4.69) is 15.0 Å². The molecule has 33 heavy (non-hydrogen) atoms. The van der Waals surface area contributed by atoms with Crippen LogP contribution in [0.3, 0.4) is 0 Å². The van der Waals surface area contributed by atoms with Crippen molar-refractivity contribution in [3.05, 3.63) is 101 Å². The fraction of sp³-hybridized carbons (Fsp3) is 0.0833. The number of aromatic nitrogens is 1. The number of amides is 1. The van der Waals surface area contributed by atoms with Gasteiger partial charge in [-0.1, -0.05) is 35.6 Å². The first-order valence-corrected chi connectivity index (χ1v) is 12.4. The van der Waals surface area contributed by atoms with Crippen LogP contribution >= 0.6 is 11.3 Å². The van der Waals surface area contributed by atoms with Crippen molar-refractivity contribution in [2.24, 2.45) is 0 Å². The maximum Gasteiger partial charge on any atom is 0.278 e. The number of hydrogen-bond acceptors (Lipinski definition) is 6. The van der Waals surface area contributed by atoms with E-state index in [1.54, 1.807) is 42.6 Å². The molecule has 0 bridgehead atoms. The average molecular weight is 480 g/mol. The Morgan fingerprint density at radius 2 is 1.79 bits per heavy atom. The van der Waals surface area contributed by atoms with E-state index in [4.69, 9.17) is 4.74 Å². The zero-order valence-electron chi connectivity index (χ0n) is 17.7. The third kappa shape index (κ3) is 5.97. The van der Waals surface area contributed by atoms with E-state index in [-0.39, 0.29) is 10.8 Å². The van der Waals surface area contributed by atoms with Crippen molar-refractivity contribution < 1.29 is 17.9 Å². The molecule has 0 radical (unpaired) electrons. The summed E-state index contributed by atoms with van der Waals surface area (Å²) < 4.78 is 33.2. The molecule has 0 unspecified atom stereocenters. The van der Waals surface area contributed by atoms with E-state index in [1.807, 2.05) is 42.6 Å². The number of carbonyl (C=O) groups excluding carboxylic acids is 1. The number of benzene rings is 3. The number of rotatable bonds is 8. The predicted molar refractivity (Wildman–Crippen MR) is 128 cm³/mol.